The number of hydrogen-bond donors (Lipinski definition) is 1. The molecule has 2 aromatic rings. The molecule has 3 rings (SSSR count). The third kappa shape index (κ3) is 3.28. The van der Waals surface area contributed by atoms with Crippen molar-refractivity contribution in [1.82, 2.24) is 14.9 Å². The van der Waals surface area contributed by atoms with Crippen LogP contribution in [0.3, 0.4) is 0 Å². The molecule has 0 unspecified atom stereocenters. The second kappa shape index (κ2) is 6.61. The summed E-state index contributed by atoms with van der Waals surface area (Å²) in [6.45, 7) is 3.04. The van der Waals surface area contributed by atoms with Crippen LogP contribution in [-0.4, -0.2) is 54.2 Å². The number of urea groups is 1. The molecule has 22 heavy (non-hydrogen) atoms. The number of amides is 2. The number of rotatable bonds is 3. The highest BCUT2D eigenvalue weighted by atomic mass is 32.1. The van der Waals surface area contributed by atoms with Crippen LogP contribution in [0.5, 0.6) is 6.01 Å². The maximum atomic E-state index is 12.3. The molecule has 0 radical (unpaired) electrons. The molecule has 1 saturated heterocycles. The van der Waals surface area contributed by atoms with Gasteiger partial charge in [-0.1, -0.05) is 0 Å². The SMILES string of the molecule is COc1nccc(NC(=O)N2CCN(c3cccs3)CC2)n1. The number of anilines is 2. The van der Waals surface area contributed by atoms with Crippen molar-refractivity contribution >= 4 is 28.2 Å². The van der Waals surface area contributed by atoms with Crippen LogP contribution in [0.2, 0.25) is 0 Å². The molecule has 3 heterocycles. The first-order chi connectivity index (χ1) is 10.8. The molecule has 1 N–H and O–H groups in total. The zero-order valence-corrected chi connectivity index (χ0v) is 13.0. The quantitative estimate of drug-likeness (QED) is 0.935. The molecule has 7 nitrogen and oxygen atoms in total. The number of carbonyl (C=O) groups excluding carboxylic acids is 1. The van der Waals surface area contributed by atoms with E-state index in [2.05, 4.69) is 31.6 Å². The van der Waals surface area contributed by atoms with Gasteiger partial charge in [-0.3, -0.25) is 5.32 Å². The minimum Gasteiger partial charge on any atom is -0.467 e. The van der Waals surface area contributed by atoms with Gasteiger partial charge in [0.1, 0.15) is 5.82 Å². The lowest BCUT2D eigenvalue weighted by atomic mass is 10.3. The zero-order valence-electron chi connectivity index (χ0n) is 12.2. The molecule has 0 aromatic carbocycles. The lowest BCUT2D eigenvalue weighted by Crippen LogP contribution is -2.50. The number of methoxy groups -OCH3 is 1. The number of piperazine rings is 1. The van der Waals surface area contributed by atoms with E-state index in [1.54, 1.807) is 28.5 Å². The van der Waals surface area contributed by atoms with Crippen molar-refractivity contribution in [3.05, 3.63) is 29.8 Å². The summed E-state index contributed by atoms with van der Waals surface area (Å²) >= 11 is 1.72. The highest BCUT2D eigenvalue weighted by Crippen LogP contribution is 2.22. The summed E-state index contributed by atoms with van der Waals surface area (Å²) in [5.74, 6) is 0.442. The minimum atomic E-state index is -0.147. The maximum Gasteiger partial charge on any atom is 0.323 e. The molecule has 1 fully saturated rings. The van der Waals surface area contributed by atoms with Gasteiger partial charge in [0, 0.05) is 32.4 Å². The van der Waals surface area contributed by atoms with Crippen LogP contribution in [0.15, 0.2) is 29.8 Å². The Kier molecular flexibility index (Phi) is 4.38. The van der Waals surface area contributed by atoms with Crippen LogP contribution in [0.25, 0.3) is 0 Å². The third-order valence-electron chi connectivity index (χ3n) is 3.44. The molecule has 1 aliphatic rings. The Balaban J connectivity index is 1.55. The van der Waals surface area contributed by atoms with Crippen molar-refractivity contribution in [3.63, 3.8) is 0 Å². The molecule has 0 saturated carbocycles. The van der Waals surface area contributed by atoms with E-state index < -0.39 is 0 Å². The normalized spacial score (nSPS) is 14.8. The summed E-state index contributed by atoms with van der Waals surface area (Å²) < 4.78 is 4.94. The summed E-state index contributed by atoms with van der Waals surface area (Å²) in [4.78, 5) is 24.3. The second-order valence-electron chi connectivity index (χ2n) is 4.78. The van der Waals surface area contributed by atoms with E-state index in [0.29, 0.717) is 18.9 Å². The highest BCUT2D eigenvalue weighted by molar-refractivity contribution is 7.14. The molecule has 2 amide bonds. The average molecular weight is 319 g/mol. The van der Waals surface area contributed by atoms with Crippen LogP contribution in [-0.2, 0) is 0 Å². The lowest BCUT2D eigenvalue weighted by molar-refractivity contribution is 0.208. The first-order valence-corrected chi connectivity index (χ1v) is 7.85. The Morgan fingerprint density at radius 1 is 1.32 bits per heavy atom. The summed E-state index contributed by atoms with van der Waals surface area (Å²) in [6, 6.07) is 5.88. The van der Waals surface area contributed by atoms with Crippen LogP contribution in [0.4, 0.5) is 15.6 Å². The van der Waals surface area contributed by atoms with Crippen molar-refractivity contribution in [2.24, 2.45) is 0 Å². The monoisotopic (exact) mass is 319 g/mol. The number of ether oxygens (including phenoxy) is 1. The van der Waals surface area contributed by atoms with Crippen LogP contribution < -0.4 is 15.0 Å². The molecular weight excluding hydrogens is 302 g/mol. The van der Waals surface area contributed by atoms with Gasteiger partial charge in [-0.15, -0.1) is 11.3 Å². The van der Waals surface area contributed by atoms with Crippen molar-refractivity contribution < 1.29 is 9.53 Å². The number of thiophene rings is 1. The second-order valence-corrected chi connectivity index (χ2v) is 5.71. The van der Waals surface area contributed by atoms with Gasteiger partial charge >= 0.3 is 12.0 Å². The molecule has 0 atom stereocenters. The van der Waals surface area contributed by atoms with Gasteiger partial charge in [0.05, 0.1) is 12.1 Å². The van der Waals surface area contributed by atoms with Crippen LogP contribution in [0.1, 0.15) is 0 Å². The molecule has 1 aliphatic heterocycles. The van der Waals surface area contributed by atoms with E-state index in [0.717, 1.165) is 13.1 Å². The van der Waals surface area contributed by atoms with Gasteiger partial charge < -0.3 is 14.5 Å². The van der Waals surface area contributed by atoms with Gasteiger partial charge in [0.25, 0.3) is 0 Å². The number of carbonyl (C=O) groups is 1. The zero-order chi connectivity index (χ0) is 15.4. The molecule has 0 spiro atoms. The van der Waals surface area contributed by atoms with Crippen molar-refractivity contribution in [3.8, 4) is 6.01 Å². The Bertz CT molecular complexity index is 626. The predicted molar refractivity (Wildman–Crippen MR) is 85.7 cm³/mol. The maximum absolute atomic E-state index is 12.3. The summed E-state index contributed by atoms with van der Waals surface area (Å²) in [5, 5.41) is 6.09. The van der Waals surface area contributed by atoms with Gasteiger partial charge in [-0.25, -0.2) is 9.78 Å². The van der Waals surface area contributed by atoms with Gasteiger partial charge in [-0.2, -0.15) is 4.98 Å². The Morgan fingerprint density at radius 2 is 2.14 bits per heavy atom. The van der Waals surface area contributed by atoms with Crippen molar-refractivity contribution in [2.75, 3.05) is 43.5 Å². The molecule has 116 valence electrons. The van der Waals surface area contributed by atoms with Crippen molar-refractivity contribution in [1.29, 1.82) is 0 Å². The van der Waals surface area contributed by atoms with E-state index in [9.17, 15) is 4.79 Å². The van der Waals surface area contributed by atoms with E-state index in [-0.39, 0.29) is 12.0 Å². The molecular formula is C14H17N5O2S. The van der Waals surface area contributed by atoms with Crippen LogP contribution in [0, 0.1) is 0 Å². The topological polar surface area (TPSA) is 70.6 Å². The largest absolute Gasteiger partial charge is 0.467 e. The highest BCUT2D eigenvalue weighted by Gasteiger charge is 2.22. The van der Waals surface area contributed by atoms with Crippen molar-refractivity contribution in [2.45, 2.75) is 0 Å². The number of nitrogens with zero attached hydrogens (tertiary/aromatic N) is 4. The fourth-order valence-electron chi connectivity index (χ4n) is 2.28. The smallest absolute Gasteiger partial charge is 0.323 e. The molecule has 0 bridgehead atoms. The fraction of sp³-hybridized carbons (Fsp3) is 0.357. The molecule has 8 heteroatoms. The Labute approximate surface area is 132 Å². The Hall–Kier alpha value is -2.35. The van der Waals surface area contributed by atoms with E-state index in [4.69, 9.17) is 4.74 Å². The minimum absolute atomic E-state index is 0.147. The van der Waals surface area contributed by atoms with Gasteiger partial charge in [0.2, 0.25) is 0 Å². The van der Waals surface area contributed by atoms with Gasteiger partial charge in [0.15, 0.2) is 0 Å². The lowest BCUT2D eigenvalue weighted by Gasteiger charge is -2.35. The van der Waals surface area contributed by atoms with E-state index in [1.165, 1.54) is 12.1 Å². The molecule has 0 aliphatic carbocycles. The number of nitrogens with one attached hydrogen (secondary N) is 1. The predicted octanol–water partition coefficient (Wildman–Crippen LogP) is 1.90. The summed E-state index contributed by atoms with van der Waals surface area (Å²) in [7, 11) is 1.49. The van der Waals surface area contributed by atoms with Gasteiger partial charge in [-0.05, 0) is 23.6 Å². The summed E-state index contributed by atoms with van der Waals surface area (Å²) in [5.41, 5.74) is 0. The fourth-order valence-corrected chi connectivity index (χ4v) is 3.06. The first kappa shape index (κ1) is 14.6. The number of hydrogen-bond acceptors (Lipinski definition) is 6. The third-order valence-corrected chi connectivity index (χ3v) is 4.36. The molecule has 2 aromatic heterocycles. The standard InChI is InChI=1S/C14H17N5O2S/c1-21-13-15-5-4-11(16-13)17-14(20)19-8-6-18(7-9-19)12-3-2-10-22-12/h2-5,10H,6-9H2,1H3,(H,15,16,17,20). The van der Waals surface area contributed by atoms with E-state index >= 15 is 0 Å². The van der Waals surface area contributed by atoms with E-state index in [1.807, 2.05) is 6.07 Å². The van der Waals surface area contributed by atoms with Crippen LogP contribution >= 0.6 is 11.3 Å². The number of aromatic nitrogens is 2. The Morgan fingerprint density at radius 3 is 2.82 bits per heavy atom. The first-order valence-electron chi connectivity index (χ1n) is 6.97. The summed E-state index contributed by atoms with van der Waals surface area (Å²) in [6.07, 6.45) is 1.55. The average Bonchev–Trinajstić information content (AvgIpc) is 3.09.